The molecule has 0 rings (SSSR count). The highest BCUT2D eigenvalue weighted by molar-refractivity contribution is 4.43. The fourth-order valence-corrected chi connectivity index (χ4v) is 0.497. The Morgan fingerprint density at radius 2 is 2.10 bits per heavy atom. The molecule has 0 heterocycles. The molecule has 0 nitrogen and oxygen atoms in total. The van der Waals surface area contributed by atoms with Crippen LogP contribution in [0.3, 0.4) is 0 Å². The van der Waals surface area contributed by atoms with E-state index >= 15 is 0 Å². The lowest BCUT2D eigenvalue weighted by molar-refractivity contribution is 0.585. The summed E-state index contributed by atoms with van der Waals surface area (Å²) >= 11 is 0. The SMILES string of the molecule is [2H]C(CCCC)C([2H])([2H])C([2H])([2H])C([2H])([2H])C([2H])([2H])C([2H])([2H])[2H]. The minimum atomic E-state index is -3.65. The molecule has 0 aromatic heterocycles. The van der Waals surface area contributed by atoms with Crippen LogP contribution < -0.4 is 0 Å². The van der Waals surface area contributed by atoms with Gasteiger partial charge in [0.05, 0.1) is 0 Å². The van der Waals surface area contributed by atoms with Crippen molar-refractivity contribution in [2.75, 3.05) is 0 Å². The predicted molar refractivity (Wildman–Crippen MR) is 48.3 cm³/mol. The summed E-state index contributed by atoms with van der Waals surface area (Å²) in [5.41, 5.74) is 0. The Morgan fingerprint density at radius 3 is 2.80 bits per heavy atom. The monoisotopic (exact) mass is 154 g/mol. The van der Waals surface area contributed by atoms with Gasteiger partial charge in [-0.05, 0) is 0 Å². The van der Waals surface area contributed by atoms with Crippen molar-refractivity contribution < 1.29 is 16.4 Å². The van der Waals surface area contributed by atoms with Crippen molar-refractivity contribution in [2.24, 2.45) is 0 Å². The van der Waals surface area contributed by atoms with Crippen LogP contribution in [0.1, 0.15) is 81.4 Å². The third kappa shape index (κ3) is 8.00. The Balaban J connectivity index is 5.78. The van der Waals surface area contributed by atoms with E-state index in [-0.39, 0.29) is 6.42 Å². The molecule has 0 aliphatic heterocycles. The van der Waals surface area contributed by atoms with Gasteiger partial charge in [-0.2, -0.15) is 0 Å². The second kappa shape index (κ2) is 9.00. The van der Waals surface area contributed by atoms with E-state index < -0.39 is 38.7 Å². The zero-order valence-corrected chi connectivity index (χ0v) is 6.20. The van der Waals surface area contributed by atoms with Crippen LogP contribution in [0, 0.1) is 0 Å². The smallest absolute Gasteiger partial charge is 0.0267 e. The molecule has 0 aliphatic carbocycles. The first-order valence-corrected chi connectivity index (χ1v) is 3.40. The van der Waals surface area contributed by atoms with Crippen molar-refractivity contribution in [1.82, 2.24) is 0 Å². The van der Waals surface area contributed by atoms with E-state index in [2.05, 4.69) is 0 Å². The van der Waals surface area contributed by atoms with Gasteiger partial charge in [0.15, 0.2) is 0 Å². The van der Waals surface area contributed by atoms with Gasteiger partial charge in [-0.3, -0.25) is 0 Å². The van der Waals surface area contributed by atoms with Crippen molar-refractivity contribution in [2.45, 2.75) is 64.9 Å². The summed E-state index contributed by atoms with van der Waals surface area (Å²) in [5, 5.41) is 0. The van der Waals surface area contributed by atoms with Gasteiger partial charge in [-0.15, -0.1) is 0 Å². The van der Waals surface area contributed by atoms with E-state index in [9.17, 15) is 0 Å². The van der Waals surface area contributed by atoms with Crippen LogP contribution in [0.2, 0.25) is 0 Å². The zero-order chi connectivity index (χ0) is 18.2. The molecular formula is C10H22. The molecule has 0 N–H and O–H groups in total. The van der Waals surface area contributed by atoms with Crippen LogP contribution in [-0.4, -0.2) is 0 Å². The molecule has 0 fully saturated rings. The van der Waals surface area contributed by atoms with Crippen molar-refractivity contribution in [3.8, 4) is 0 Å². The lowest BCUT2D eigenvalue weighted by atomic mass is 10.1. The van der Waals surface area contributed by atoms with Gasteiger partial charge in [-0.25, -0.2) is 0 Å². The van der Waals surface area contributed by atoms with Crippen molar-refractivity contribution in [1.29, 1.82) is 0 Å². The molecule has 0 spiro atoms. The van der Waals surface area contributed by atoms with Crippen molar-refractivity contribution in [3.05, 3.63) is 0 Å². The van der Waals surface area contributed by atoms with Crippen LogP contribution in [0.5, 0.6) is 0 Å². The zero-order valence-electron chi connectivity index (χ0n) is 18.2. The Labute approximate surface area is 82.9 Å². The number of unbranched alkanes of at least 4 members (excludes halogenated alkanes) is 1. The molecule has 0 radical (unpaired) electrons. The van der Waals surface area contributed by atoms with E-state index in [1.807, 2.05) is 0 Å². The fraction of sp³-hybridized carbons (Fsp3) is 1.00. The standard InChI is InChI=1S/C10H22/c1-3-5-7-9-10-8-6-4-2/h3-10H2,1-2H3/i1D3,3D2,5D2,7D2,9D2,10D. The first-order chi connectivity index (χ1) is 9.48. The second-order valence-electron chi connectivity index (χ2n) is 1.87. The van der Waals surface area contributed by atoms with Gasteiger partial charge in [0.25, 0.3) is 0 Å². The van der Waals surface area contributed by atoms with Crippen LogP contribution in [-0.2, 0) is 0 Å². The van der Waals surface area contributed by atoms with Gasteiger partial charge >= 0.3 is 0 Å². The third-order valence-electron chi connectivity index (χ3n) is 1.00. The third-order valence-corrected chi connectivity index (χ3v) is 1.00. The quantitative estimate of drug-likeness (QED) is 0.517. The topological polar surface area (TPSA) is 0 Å². The average molecular weight is 154 g/mol. The molecule has 10 heavy (non-hydrogen) atoms. The largest absolute Gasteiger partial charge is 0.0654 e. The molecular weight excluding hydrogens is 120 g/mol. The van der Waals surface area contributed by atoms with E-state index in [1.165, 1.54) is 0 Å². The molecule has 0 saturated carbocycles. The number of hydrogen-bond donors (Lipinski definition) is 0. The molecule has 62 valence electrons. The summed E-state index contributed by atoms with van der Waals surface area (Å²) in [6, 6.07) is 0. The van der Waals surface area contributed by atoms with Gasteiger partial charge < -0.3 is 0 Å². The summed E-state index contributed by atoms with van der Waals surface area (Å²) in [6.07, 6.45) is -14.4. The Bertz CT molecular complexity index is 369. The summed E-state index contributed by atoms with van der Waals surface area (Å²) in [7, 11) is 0. The Morgan fingerprint density at radius 1 is 1.20 bits per heavy atom. The molecule has 0 aromatic carbocycles. The van der Waals surface area contributed by atoms with E-state index in [1.54, 1.807) is 6.92 Å². The summed E-state index contributed by atoms with van der Waals surface area (Å²) in [5.74, 6) is 0. The minimum Gasteiger partial charge on any atom is -0.0654 e. The van der Waals surface area contributed by atoms with E-state index in [4.69, 9.17) is 16.4 Å². The van der Waals surface area contributed by atoms with Gasteiger partial charge in [-0.1, -0.05) is 64.9 Å². The maximum atomic E-state index is 7.77. The normalized spacial score (nSPS) is 38.1. The first kappa shape index (κ1) is 1.84. The lowest BCUT2D eigenvalue weighted by Crippen LogP contribution is -1.77. The average Bonchev–Trinajstić information content (AvgIpc) is 2.33. The van der Waals surface area contributed by atoms with Crippen LogP contribution in [0.4, 0.5) is 0 Å². The Hall–Kier alpha value is 0. The van der Waals surface area contributed by atoms with Crippen LogP contribution in [0.25, 0.3) is 0 Å². The highest BCUT2D eigenvalue weighted by Gasteiger charge is 1.87. The molecule has 0 aromatic rings. The summed E-state index contributed by atoms with van der Waals surface area (Å²) in [4.78, 5) is 0. The maximum absolute atomic E-state index is 7.77. The fourth-order valence-electron chi connectivity index (χ4n) is 0.497. The highest BCUT2D eigenvalue weighted by Crippen LogP contribution is 2.07. The lowest BCUT2D eigenvalue weighted by Gasteiger charge is -1.97. The highest BCUT2D eigenvalue weighted by atomic mass is 13.9. The van der Waals surface area contributed by atoms with Gasteiger partial charge in [0.1, 0.15) is 0 Å². The molecule has 0 bridgehead atoms. The minimum absolute atomic E-state index is 0.0319. The molecule has 0 aliphatic rings. The first-order valence-electron chi connectivity index (χ1n) is 9.48. The molecule has 1 atom stereocenters. The Kier molecular flexibility index (Phi) is 1.65. The summed E-state index contributed by atoms with van der Waals surface area (Å²) < 4.78 is 90.2. The van der Waals surface area contributed by atoms with Gasteiger partial charge in [0, 0.05) is 16.4 Å². The number of rotatable bonds is 7. The molecule has 0 heteroatoms. The van der Waals surface area contributed by atoms with Crippen molar-refractivity contribution >= 4 is 0 Å². The van der Waals surface area contributed by atoms with E-state index in [0.717, 1.165) is 0 Å². The molecule has 0 amide bonds. The van der Waals surface area contributed by atoms with Crippen molar-refractivity contribution in [3.63, 3.8) is 0 Å². The summed E-state index contributed by atoms with van der Waals surface area (Å²) in [6.45, 7) is -1.68. The van der Waals surface area contributed by atoms with Gasteiger partial charge in [0.2, 0.25) is 0 Å². The maximum Gasteiger partial charge on any atom is 0.0267 e. The van der Waals surface area contributed by atoms with Crippen LogP contribution in [0.15, 0.2) is 0 Å². The van der Waals surface area contributed by atoms with E-state index in [0.29, 0.717) is 12.8 Å². The predicted octanol–water partition coefficient (Wildman–Crippen LogP) is 4.15. The molecule has 1 unspecified atom stereocenters. The second-order valence-corrected chi connectivity index (χ2v) is 1.87. The number of hydrogen-bond acceptors (Lipinski definition) is 0. The van der Waals surface area contributed by atoms with Crippen LogP contribution >= 0.6 is 0 Å². The molecule has 0 saturated heterocycles.